The van der Waals surface area contributed by atoms with Crippen molar-refractivity contribution in [2.24, 2.45) is 0 Å². The van der Waals surface area contributed by atoms with Crippen LogP contribution in [0.25, 0.3) is 0 Å². The Hall–Kier alpha value is -0.990. The Bertz CT molecular complexity index is 756. The third kappa shape index (κ3) is 17.6. The molecule has 2 aliphatic heterocycles. The van der Waals surface area contributed by atoms with Gasteiger partial charge in [0.2, 0.25) is 0 Å². The first kappa shape index (κ1) is 39.2. The summed E-state index contributed by atoms with van der Waals surface area (Å²) in [5.41, 5.74) is 0.584. The van der Waals surface area contributed by atoms with Crippen LogP contribution in [0, 0.1) is 0 Å². The molecule has 1 saturated heterocycles. The first-order valence-electron chi connectivity index (χ1n) is 18.6. The normalized spacial score (nSPS) is 23.0. The number of hydrogen-bond donors (Lipinski definition) is 4. The molecule has 258 valence electrons. The number of carbonyl (C=O) groups is 1. The maximum atomic E-state index is 11.7. The molecule has 0 aliphatic carbocycles. The van der Waals surface area contributed by atoms with E-state index in [2.05, 4.69) is 6.92 Å². The number of cyclic esters (lactones) is 1. The zero-order valence-corrected chi connectivity index (χ0v) is 28.3. The summed E-state index contributed by atoms with van der Waals surface area (Å²) >= 11 is 0. The van der Waals surface area contributed by atoms with Crippen LogP contribution in [0.5, 0.6) is 0 Å². The van der Waals surface area contributed by atoms with Crippen molar-refractivity contribution in [1.29, 1.82) is 0 Å². The van der Waals surface area contributed by atoms with E-state index in [1.165, 1.54) is 57.8 Å². The maximum Gasteiger partial charge on any atom is 0.334 e. The summed E-state index contributed by atoms with van der Waals surface area (Å²) in [6, 6.07) is 0. The van der Waals surface area contributed by atoms with Crippen LogP contribution in [0.15, 0.2) is 11.6 Å². The van der Waals surface area contributed by atoms with Crippen molar-refractivity contribution >= 4 is 5.97 Å². The Labute approximate surface area is 269 Å². The third-order valence-corrected chi connectivity index (χ3v) is 9.61. The lowest BCUT2D eigenvalue weighted by Crippen LogP contribution is -2.31. The zero-order valence-electron chi connectivity index (χ0n) is 28.3. The smallest absolute Gasteiger partial charge is 0.334 e. The molecule has 0 aromatic rings. The summed E-state index contributed by atoms with van der Waals surface area (Å²) in [5, 5.41) is 41.7. The average Bonchev–Trinajstić information content (AvgIpc) is 3.61. The van der Waals surface area contributed by atoms with Crippen LogP contribution in [0.2, 0.25) is 0 Å². The predicted octanol–water partition coefficient (Wildman–Crippen LogP) is 7.84. The number of aliphatic hydroxyl groups excluding tert-OH is 4. The Morgan fingerprint density at radius 1 is 0.636 bits per heavy atom. The van der Waals surface area contributed by atoms with E-state index in [1.807, 2.05) is 6.92 Å². The van der Waals surface area contributed by atoms with Crippen LogP contribution in [0.4, 0.5) is 0 Å². The third-order valence-electron chi connectivity index (χ3n) is 9.61. The Kier molecular flexibility index (Phi) is 21.6. The second kappa shape index (κ2) is 24.2. The largest absolute Gasteiger partial charge is 0.455 e. The SMILES string of the molecule is CCCCCCCCCCCC[C@@H](O)[C@@H]1CC[C@@H]([C@H](O)CCCCCC[C@H](O)CCCCC[C@@H](O)CC2=C[C@H](C)OC2=O)O1. The molecule has 2 aliphatic rings. The van der Waals surface area contributed by atoms with E-state index in [0.717, 1.165) is 89.9 Å². The van der Waals surface area contributed by atoms with Gasteiger partial charge in [-0.05, 0) is 57.9 Å². The number of rotatable bonds is 28. The number of carbonyl (C=O) groups excluding carboxylic acids is 1. The number of aliphatic hydroxyl groups is 4. The van der Waals surface area contributed by atoms with E-state index in [1.54, 1.807) is 6.08 Å². The summed E-state index contributed by atoms with van der Waals surface area (Å²) < 4.78 is 11.1. The van der Waals surface area contributed by atoms with Gasteiger partial charge in [0, 0.05) is 12.0 Å². The van der Waals surface area contributed by atoms with Gasteiger partial charge >= 0.3 is 5.97 Å². The van der Waals surface area contributed by atoms with Crippen LogP contribution in [0.3, 0.4) is 0 Å². The lowest BCUT2D eigenvalue weighted by atomic mass is 9.99. The predicted molar refractivity (Wildman–Crippen MR) is 177 cm³/mol. The molecule has 2 heterocycles. The Morgan fingerprint density at radius 2 is 1.05 bits per heavy atom. The fourth-order valence-electron chi connectivity index (χ4n) is 6.77. The number of unbranched alkanes of at least 4 members (excludes halogenated alkanes) is 14. The average molecular weight is 625 g/mol. The van der Waals surface area contributed by atoms with Crippen molar-refractivity contribution in [2.75, 3.05) is 0 Å². The fraction of sp³-hybridized carbons (Fsp3) is 0.919. The molecule has 2 rings (SSSR count). The molecule has 0 bridgehead atoms. The van der Waals surface area contributed by atoms with Gasteiger partial charge in [-0.3, -0.25) is 0 Å². The van der Waals surface area contributed by atoms with E-state index in [-0.39, 0.29) is 30.4 Å². The van der Waals surface area contributed by atoms with E-state index >= 15 is 0 Å². The molecule has 44 heavy (non-hydrogen) atoms. The fourth-order valence-corrected chi connectivity index (χ4v) is 6.77. The van der Waals surface area contributed by atoms with E-state index in [9.17, 15) is 25.2 Å². The van der Waals surface area contributed by atoms with Crippen molar-refractivity contribution in [3.8, 4) is 0 Å². The second-order valence-corrected chi connectivity index (χ2v) is 13.8. The number of hydrogen-bond acceptors (Lipinski definition) is 7. The molecule has 0 radical (unpaired) electrons. The lowest BCUT2D eigenvalue weighted by Gasteiger charge is -2.22. The minimum atomic E-state index is -0.519. The van der Waals surface area contributed by atoms with Gasteiger partial charge in [0.15, 0.2) is 0 Å². The van der Waals surface area contributed by atoms with E-state index in [4.69, 9.17) is 9.47 Å². The summed E-state index contributed by atoms with van der Waals surface area (Å²) in [7, 11) is 0. The quantitative estimate of drug-likeness (QED) is 0.0518. The number of ether oxygens (including phenoxy) is 2. The summed E-state index contributed by atoms with van der Waals surface area (Å²) in [4.78, 5) is 11.7. The molecule has 0 aromatic carbocycles. The summed E-state index contributed by atoms with van der Waals surface area (Å²) in [5.74, 6) is -0.308. The van der Waals surface area contributed by atoms with Crippen molar-refractivity contribution in [3.63, 3.8) is 0 Å². The van der Waals surface area contributed by atoms with Gasteiger partial charge in [0.1, 0.15) is 6.10 Å². The summed E-state index contributed by atoms with van der Waals surface area (Å²) in [6.07, 6.45) is 25.3. The molecule has 7 atom stereocenters. The molecule has 0 spiro atoms. The van der Waals surface area contributed by atoms with Gasteiger partial charge in [-0.2, -0.15) is 0 Å². The molecule has 0 saturated carbocycles. The maximum absolute atomic E-state index is 11.7. The molecule has 4 N–H and O–H groups in total. The second-order valence-electron chi connectivity index (χ2n) is 13.8. The zero-order chi connectivity index (χ0) is 32.0. The van der Waals surface area contributed by atoms with Crippen molar-refractivity contribution < 1.29 is 34.7 Å². The highest BCUT2D eigenvalue weighted by Gasteiger charge is 2.34. The highest BCUT2D eigenvalue weighted by atomic mass is 16.5. The molecular formula is C37H68O7. The molecule has 7 nitrogen and oxygen atoms in total. The molecule has 0 unspecified atom stereocenters. The Morgan fingerprint density at radius 3 is 1.50 bits per heavy atom. The van der Waals surface area contributed by atoms with Crippen LogP contribution >= 0.6 is 0 Å². The minimum Gasteiger partial charge on any atom is -0.455 e. The first-order chi connectivity index (χ1) is 21.3. The van der Waals surface area contributed by atoms with Crippen molar-refractivity contribution in [1.82, 2.24) is 0 Å². The lowest BCUT2D eigenvalue weighted by molar-refractivity contribution is -0.139. The van der Waals surface area contributed by atoms with Gasteiger partial charge < -0.3 is 29.9 Å². The van der Waals surface area contributed by atoms with Gasteiger partial charge in [0.25, 0.3) is 0 Å². The van der Waals surface area contributed by atoms with Crippen LogP contribution in [-0.2, 0) is 14.3 Å². The molecular weight excluding hydrogens is 556 g/mol. The van der Waals surface area contributed by atoms with Crippen molar-refractivity contribution in [3.05, 3.63) is 11.6 Å². The molecule has 7 heteroatoms. The van der Waals surface area contributed by atoms with Gasteiger partial charge in [-0.25, -0.2) is 4.79 Å². The van der Waals surface area contributed by atoms with Crippen LogP contribution < -0.4 is 0 Å². The van der Waals surface area contributed by atoms with Crippen LogP contribution in [0.1, 0.15) is 174 Å². The molecule has 0 aromatic heterocycles. The van der Waals surface area contributed by atoms with Gasteiger partial charge in [-0.1, -0.05) is 116 Å². The van der Waals surface area contributed by atoms with Gasteiger partial charge in [0.05, 0.1) is 36.6 Å². The number of esters is 1. The Balaban J connectivity index is 1.38. The van der Waals surface area contributed by atoms with E-state index in [0.29, 0.717) is 18.4 Å². The van der Waals surface area contributed by atoms with Crippen LogP contribution in [-0.4, -0.2) is 69.1 Å². The van der Waals surface area contributed by atoms with Crippen molar-refractivity contribution in [2.45, 2.75) is 217 Å². The standard InChI is InChI=1S/C37H68O7/c1-3-4-5-6-7-8-9-10-11-18-23-33(40)35-25-26-36(44-35)34(41)24-19-13-12-15-20-31(38)21-16-14-17-22-32(39)28-30-27-29(2)43-37(30)42/h27,29,31-36,38-41H,3-26,28H2,1-2H3/t29-,31-,32+,33+,34+,35-,36-/m0/s1. The molecule has 0 amide bonds. The van der Waals surface area contributed by atoms with Gasteiger partial charge in [-0.15, -0.1) is 0 Å². The summed E-state index contributed by atoms with van der Waals surface area (Å²) in [6.45, 7) is 4.08. The monoisotopic (exact) mass is 624 g/mol. The molecule has 1 fully saturated rings. The highest BCUT2D eigenvalue weighted by molar-refractivity contribution is 5.90. The topological polar surface area (TPSA) is 116 Å². The van der Waals surface area contributed by atoms with E-state index < -0.39 is 18.3 Å². The minimum absolute atomic E-state index is 0.126. The highest BCUT2D eigenvalue weighted by Crippen LogP contribution is 2.28. The first-order valence-corrected chi connectivity index (χ1v) is 18.6.